The van der Waals surface area contributed by atoms with Gasteiger partial charge in [0.2, 0.25) is 0 Å². The summed E-state index contributed by atoms with van der Waals surface area (Å²) >= 11 is 0. The van der Waals surface area contributed by atoms with Crippen LogP contribution in [-0.4, -0.2) is 29.8 Å². The quantitative estimate of drug-likeness (QED) is 0.441. The van der Waals surface area contributed by atoms with Crippen LogP contribution in [0.5, 0.6) is 0 Å². The summed E-state index contributed by atoms with van der Waals surface area (Å²) in [6.45, 7) is 4.79. The van der Waals surface area contributed by atoms with Gasteiger partial charge in [0.25, 0.3) is 10.1 Å². The van der Waals surface area contributed by atoms with Crippen molar-refractivity contribution >= 4 is 21.7 Å². The first-order valence-electron chi connectivity index (χ1n) is 4.34. The Morgan fingerprint density at radius 1 is 1.50 bits per heavy atom. The van der Waals surface area contributed by atoms with E-state index in [-0.39, 0.29) is 11.1 Å². The van der Waals surface area contributed by atoms with Gasteiger partial charge in [-0.1, -0.05) is 18.7 Å². The van der Waals surface area contributed by atoms with Gasteiger partial charge < -0.3 is 0 Å². The fourth-order valence-electron chi connectivity index (χ4n) is 1.23. The van der Waals surface area contributed by atoms with Crippen molar-refractivity contribution in [2.45, 2.75) is 12.2 Å². The van der Waals surface area contributed by atoms with Crippen LogP contribution in [0.3, 0.4) is 0 Å². The van der Waals surface area contributed by atoms with Crippen LogP contribution in [0.25, 0.3) is 0 Å². The molecule has 0 saturated carbocycles. The third kappa shape index (κ3) is 2.34. The van der Waals surface area contributed by atoms with Crippen molar-refractivity contribution in [3.63, 3.8) is 0 Å². The van der Waals surface area contributed by atoms with E-state index < -0.39 is 26.9 Å². The molecule has 1 aliphatic rings. The van der Waals surface area contributed by atoms with Crippen molar-refractivity contribution in [2.24, 2.45) is 0 Å². The molecule has 86 valence electrons. The highest BCUT2D eigenvalue weighted by molar-refractivity contribution is 7.87. The van der Waals surface area contributed by atoms with Crippen LogP contribution in [0.15, 0.2) is 36.0 Å². The SMILES string of the molecule is C=C(C)C(=O)C1=CC=CC(S(=O)(=O)O)C1=O. The maximum Gasteiger partial charge on any atom is 0.279 e. The minimum Gasteiger partial charge on any atom is -0.292 e. The zero-order chi connectivity index (χ0) is 12.5. The summed E-state index contributed by atoms with van der Waals surface area (Å²) in [5.74, 6) is -1.55. The molecular weight excluding hydrogens is 232 g/mol. The number of allylic oxidation sites excluding steroid dienone is 4. The van der Waals surface area contributed by atoms with Crippen LogP contribution in [0.1, 0.15) is 6.92 Å². The molecule has 1 rings (SSSR count). The minimum atomic E-state index is -4.53. The van der Waals surface area contributed by atoms with E-state index >= 15 is 0 Å². The molecule has 0 aromatic rings. The second kappa shape index (κ2) is 4.15. The molecule has 1 aliphatic carbocycles. The molecule has 0 heterocycles. The molecule has 0 saturated heterocycles. The van der Waals surface area contributed by atoms with E-state index in [4.69, 9.17) is 4.55 Å². The zero-order valence-electron chi connectivity index (χ0n) is 8.50. The smallest absolute Gasteiger partial charge is 0.279 e. The molecule has 0 radical (unpaired) electrons. The molecule has 1 unspecified atom stereocenters. The van der Waals surface area contributed by atoms with Crippen molar-refractivity contribution in [3.8, 4) is 0 Å². The lowest BCUT2D eigenvalue weighted by Gasteiger charge is -2.13. The number of rotatable bonds is 3. The molecule has 1 atom stereocenters. The summed E-state index contributed by atoms with van der Waals surface area (Å²) in [6, 6.07) is 0. The van der Waals surface area contributed by atoms with Gasteiger partial charge >= 0.3 is 0 Å². The van der Waals surface area contributed by atoms with Gasteiger partial charge in [-0.3, -0.25) is 14.1 Å². The Bertz CT molecular complexity index is 521. The predicted octanol–water partition coefficient (Wildman–Crippen LogP) is 0.453. The first-order chi connectivity index (χ1) is 7.25. The van der Waals surface area contributed by atoms with E-state index in [0.29, 0.717) is 0 Å². The molecule has 5 nitrogen and oxygen atoms in total. The monoisotopic (exact) mass is 242 g/mol. The largest absolute Gasteiger partial charge is 0.292 e. The highest BCUT2D eigenvalue weighted by Crippen LogP contribution is 2.17. The first-order valence-corrected chi connectivity index (χ1v) is 5.84. The van der Waals surface area contributed by atoms with Gasteiger partial charge in [0.15, 0.2) is 16.8 Å². The third-order valence-corrected chi connectivity index (χ3v) is 3.04. The van der Waals surface area contributed by atoms with Crippen LogP contribution in [-0.2, 0) is 19.7 Å². The lowest BCUT2D eigenvalue weighted by molar-refractivity contribution is -0.119. The van der Waals surface area contributed by atoms with Crippen LogP contribution in [0.2, 0.25) is 0 Å². The van der Waals surface area contributed by atoms with Crippen molar-refractivity contribution in [2.75, 3.05) is 0 Å². The summed E-state index contributed by atoms with van der Waals surface area (Å²) in [6.07, 6.45) is 3.48. The Kier molecular flexibility index (Phi) is 3.25. The molecule has 0 spiro atoms. The van der Waals surface area contributed by atoms with Crippen molar-refractivity contribution in [3.05, 3.63) is 36.0 Å². The average Bonchev–Trinajstić information content (AvgIpc) is 2.15. The van der Waals surface area contributed by atoms with E-state index in [1.807, 2.05) is 0 Å². The van der Waals surface area contributed by atoms with E-state index in [2.05, 4.69) is 6.58 Å². The fourth-order valence-corrected chi connectivity index (χ4v) is 1.91. The van der Waals surface area contributed by atoms with Crippen molar-refractivity contribution in [1.29, 1.82) is 0 Å². The van der Waals surface area contributed by atoms with Gasteiger partial charge in [-0.15, -0.1) is 0 Å². The molecular formula is C10H10O5S. The Balaban J connectivity index is 3.15. The van der Waals surface area contributed by atoms with Gasteiger partial charge in [-0.25, -0.2) is 0 Å². The van der Waals surface area contributed by atoms with E-state index in [1.54, 1.807) is 0 Å². The van der Waals surface area contributed by atoms with Gasteiger partial charge in [-0.05, 0) is 18.6 Å². The normalized spacial score (nSPS) is 20.5. The molecule has 0 amide bonds. The molecule has 0 fully saturated rings. The third-order valence-electron chi connectivity index (χ3n) is 2.03. The number of hydrogen-bond acceptors (Lipinski definition) is 4. The lowest BCUT2D eigenvalue weighted by Crippen LogP contribution is -2.33. The topological polar surface area (TPSA) is 88.5 Å². The average molecular weight is 242 g/mol. The Hall–Kier alpha value is -1.53. The van der Waals surface area contributed by atoms with E-state index in [9.17, 15) is 18.0 Å². The minimum absolute atomic E-state index is 0.129. The standard InChI is InChI=1S/C10H10O5S/c1-6(2)9(11)7-4-3-5-8(10(7)12)16(13,14)15/h3-5,8H,1H2,2H3,(H,13,14,15). The maximum atomic E-state index is 11.6. The van der Waals surface area contributed by atoms with Gasteiger partial charge in [0.05, 0.1) is 5.57 Å². The lowest BCUT2D eigenvalue weighted by atomic mass is 9.96. The second-order valence-electron chi connectivity index (χ2n) is 3.37. The van der Waals surface area contributed by atoms with Crippen LogP contribution < -0.4 is 0 Å². The summed E-state index contributed by atoms with van der Waals surface area (Å²) in [5, 5.41) is -1.70. The van der Waals surface area contributed by atoms with Gasteiger partial charge in [0, 0.05) is 0 Å². The number of carbonyl (C=O) groups is 2. The summed E-state index contributed by atoms with van der Waals surface area (Å²) in [4.78, 5) is 23.1. The molecule has 0 aromatic heterocycles. The molecule has 16 heavy (non-hydrogen) atoms. The summed E-state index contributed by atoms with van der Waals surface area (Å²) in [7, 11) is -4.53. The number of Topliss-reactive ketones (excluding diaryl/α,β-unsaturated/α-hetero) is 2. The number of carbonyl (C=O) groups excluding carboxylic acids is 2. The first kappa shape index (κ1) is 12.5. The molecule has 0 aromatic carbocycles. The molecule has 0 bridgehead atoms. The fraction of sp³-hybridized carbons (Fsp3) is 0.200. The Morgan fingerprint density at radius 3 is 2.50 bits per heavy atom. The van der Waals surface area contributed by atoms with Gasteiger partial charge in [0.1, 0.15) is 0 Å². The maximum absolute atomic E-state index is 11.6. The second-order valence-corrected chi connectivity index (χ2v) is 4.91. The van der Waals surface area contributed by atoms with Crippen LogP contribution in [0, 0.1) is 0 Å². The van der Waals surface area contributed by atoms with E-state index in [1.165, 1.54) is 19.1 Å². The molecule has 6 heteroatoms. The highest BCUT2D eigenvalue weighted by atomic mass is 32.2. The van der Waals surface area contributed by atoms with Crippen LogP contribution >= 0.6 is 0 Å². The van der Waals surface area contributed by atoms with Gasteiger partial charge in [-0.2, -0.15) is 8.42 Å². The number of ketones is 2. The Morgan fingerprint density at radius 2 is 2.06 bits per heavy atom. The van der Waals surface area contributed by atoms with Crippen molar-refractivity contribution < 1.29 is 22.6 Å². The zero-order valence-corrected chi connectivity index (χ0v) is 9.32. The highest BCUT2D eigenvalue weighted by Gasteiger charge is 2.34. The molecule has 0 aliphatic heterocycles. The Labute approximate surface area is 92.9 Å². The number of hydrogen-bond donors (Lipinski definition) is 1. The summed E-state index contributed by atoms with van der Waals surface area (Å²) in [5.41, 5.74) is -0.151. The summed E-state index contributed by atoms with van der Waals surface area (Å²) < 4.78 is 30.5. The van der Waals surface area contributed by atoms with E-state index in [0.717, 1.165) is 6.08 Å². The van der Waals surface area contributed by atoms with Crippen molar-refractivity contribution in [1.82, 2.24) is 0 Å². The van der Waals surface area contributed by atoms with Crippen LogP contribution in [0.4, 0.5) is 0 Å². The molecule has 1 N–H and O–H groups in total. The predicted molar refractivity (Wildman–Crippen MR) is 57.4 cm³/mol.